The van der Waals surface area contributed by atoms with Crippen LogP contribution >= 0.6 is 0 Å². The number of benzene rings is 1. The molecule has 0 aliphatic carbocycles. The van der Waals surface area contributed by atoms with Crippen LogP contribution in [0.5, 0.6) is 0 Å². The molecule has 0 aliphatic rings. The van der Waals surface area contributed by atoms with Gasteiger partial charge in [-0.05, 0) is 31.2 Å². The SMILES string of the molecule is CCNC(=O)NC(=O)CN(Cc1ccco1)c1ccccc1. The fraction of sp³-hybridized carbons (Fsp3) is 0.250. The van der Waals surface area contributed by atoms with E-state index in [-0.39, 0.29) is 12.5 Å². The van der Waals surface area contributed by atoms with Crippen LogP contribution in [0.15, 0.2) is 53.1 Å². The molecular weight excluding hydrogens is 282 g/mol. The van der Waals surface area contributed by atoms with E-state index < -0.39 is 6.03 Å². The molecule has 0 atom stereocenters. The lowest BCUT2D eigenvalue weighted by atomic mass is 10.2. The first kappa shape index (κ1) is 15.6. The number of carbonyl (C=O) groups excluding carboxylic acids is 2. The van der Waals surface area contributed by atoms with Gasteiger partial charge in [0.25, 0.3) is 0 Å². The maximum Gasteiger partial charge on any atom is 0.321 e. The van der Waals surface area contributed by atoms with Gasteiger partial charge in [0.15, 0.2) is 0 Å². The first-order valence-corrected chi connectivity index (χ1v) is 7.09. The first-order valence-electron chi connectivity index (χ1n) is 7.09. The summed E-state index contributed by atoms with van der Waals surface area (Å²) < 4.78 is 5.33. The molecule has 0 saturated carbocycles. The van der Waals surface area contributed by atoms with Gasteiger partial charge in [0, 0.05) is 12.2 Å². The summed E-state index contributed by atoms with van der Waals surface area (Å²) in [5.41, 5.74) is 0.880. The van der Waals surface area contributed by atoms with Crippen molar-refractivity contribution in [2.24, 2.45) is 0 Å². The number of amides is 3. The lowest BCUT2D eigenvalue weighted by Crippen LogP contribution is -2.44. The Kier molecular flexibility index (Phi) is 5.59. The van der Waals surface area contributed by atoms with Crippen LogP contribution in [0.2, 0.25) is 0 Å². The second-order valence-corrected chi connectivity index (χ2v) is 4.68. The average Bonchev–Trinajstić information content (AvgIpc) is 3.00. The van der Waals surface area contributed by atoms with Gasteiger partial charge in [0.1, 0.15) is 5.76 Å². The van der Waals surface area contributed by atoms with Crippen LogP contribution in [-0.4, -0.2) is 25.0 Å². The van der Waals surface area contributed by atoms with Crippen LogP contribution in [-0.2, 0) is 11.3 Å². The van der Waals surface area contributed by atoms with Gasteiger partial charge in [-0.3, -0.25) is 10.1 Å². The molecule has 3 amide bonds. The quantitative estimate of drug-likeness (QED) is 0.857. The summed E-state index contributed by atoms with van der Waals surface area (Å²) in [7, 11) is 0. The summed E-state index contributed by atoms with van der Waals surface area (Å²) >= 11 is 0. The van der Waals surface area contributed by atoms with E-state index in [2.05, 4.69) is 10.6 Å². The minimum Gasteiger partial charge on any atom is -0.467 e. The monoisotopic (exact) mass is 301 g/mol. The van der Waals surface area contributed by atoms with E-state index in [1.807, 2.05) is 41.3 Å². The molecule has 22 heavy (non-hydrogen) atoms. The number of nitrogens with one attached hydrogen (secondary N) is 2. The Morgan fingerprint density at radius 3 is 2.55 bits per heavy atom. The normalized spacial score (nSPS) is 10.0. The Morgan fingerprint density at radius 2 is 1.91 bits per heavy atom. The molecule has 1 aromatic heterocycles. The van der Waals surface area contributed by atoms with Crippen LogP contribution in [0.4, 0.5) is 10.5 Å². The van der Waals surface area contributed by atoms with E-state index in [4.69, 9.17) is 4.42 Å². The first-order chi connectivity index (χ1) is 10.7. The molecule has 116 valence electrons. The number of hydrogen-bond donors (Lipinski definition) is 2. The number of urea groups is 1. The lowest BCUT2D eigenvalue weighted by Gasteiger charge is -2.23. The van der Waals surface area contributed by atoms with E-state index in [1.165, 1.54) is 0 Å². The van der Waals surface area contributed by atoms with Crippen LogP contribution in [0.25, 0.3) is 0 Å². The molecule has 6 heteroatoms. The highest BCUT2D eigenvalue weighted by Gasteiger charge is 2.15. The number of hydrogen-bond acceptors (Lipinski definition) is 4. The fourth-order valence-corrected chi connectivity index (χ4v) is 2.01. The van der Waals surface area contributed by atoms with Gasteiger partial charge in [-0.2, -0.15) is 0 Å². The Bertz CT molecular complexity index is 596. The second kappa shape index (κ2) is 7.87. The highest BCUT2D eigenvalue weighted by molar-refractivity contribution is 5.96. The molecule has 1 heterocycles. The molecule has 0 aliphatic heterocycles. The maximum absolute atomic E-state index is 12.0. The van der Waals surface area contributed by atoms with Gasteiger partial charge in [-0.15, -0.1) is 0 Å². The number of imide groups is 1. The van der Waals surface area contributed by atoms with Gasteiger partial charge in [-0.1, -0.05) is 18.2 Å². The molecule has 0 radical (unpaired) electrons. The van der Waals surface area contributed by atoms with Crippen LogP contribution in [0, 0.1) is 0 Å². The van der Waals surface area contributed by atoms with Crippen molar-refractivity contribution in [3.05, 3.63) is 54.5 Å². The Morgan fingerprint density at radius 1 is 1.14 bits per heavy atom. The zero-order chi connectivity index (χ0) is 15.8. The average molecular weight is 301 g/mol. The molecule has 0 spiro atoms. The molecule has 2 N–H and O–H groups in total. The van der Waals surface area contributed by atoms with Gasteiger partial charge in [0.05, 0.1) is 19.4 Å². The molecule has 6 nitrogen and oxygen atoms in total. The Balaban J connectivity index is 2.04. The van der Waals surface area contributed by atoms with Gasteiger partial charge >= 0.3 is 6.03 Å². The third-order valence-electron chi connectivity index (χ3n) is 2.97. The van der Waals surface area contributed by atoms with E-state index in [0.29, 0.717) is 13.1 Å². The van der Waals surface area contributed by atoms with Crippen molar-refractivity contribution in [3.63, 3.8) is 0 Å². The van der Waals surface area contributed by atoms with Gasteiger partial charge in [-0.25, -0.2) is 4.79 Å². The van der Waals surface area contributed by atoms with E-state index in [0.717, 1.165) is 11.4 Å². The molecule has 0 unspecified atom stereocenters. The van der Waals surface area contributed by atoms with Crippen molar-refractivity contribution in [2.45, 2.75) is 13.5 Å². The zero-order valence-electron chi connectivity index (χ0n) is 12.4. The lowest BCUT2D eigenvalue weighted by molar-refractivity contribution is -0.118. The summed E-state index contributed by atoms with van der Waals surface area (Å²) in [6, 6.07) is 12.7. The third kappa shape index (κ3) is 4.66. The summed E-state index contributed by atoms with van der Waals surface area (Å²) in [6.45, 7) is 2.76. The Labute approximate surface area is 129 Å². The van der Waals surface area contributed by atoms with E-state index >= 15 is 0 Å². The van der Waals surface area contributed by atoms with Crippen LogP contribution in [0.3, 0.4) is 0 Å². The van der Waals surface area contributed by atoms with Crippen molar-refractivity contribution in [1.82, 2.24) is 10.6 Å². The van der Waals surface area contributed by atoms with Gasteiger partial charge < -0.3 is 14.6 Å². The number of carbonyl (C=O) groups is 2. The largest absolute Gasteiger partial charge is 0.467 e. The number of furan rings is 1. The molecule has 0 fully saturated rings. The number of para-hydroxylation sites is 1. The summed E-state index contributed by atoms with van der Waals surface area (Å²) in [6.07, 6.45) is 1.59. The molecule has 2 aromatic rings. The Hall–Kier alpha value is -2.76. The van der Waals surface area contributed by atoms with Crippen molar-refractivity contribution in [1.29, 1.82) is 0 Å². The molecule has 0 bridgehead atoms. The number of anilines is 1. The predicted octanol–water partition coefficient (Wildman–Crippen LogP) is 2.13. The van der Waals surface area contributed by atoms with Crippen molar-refractivity contribution >= 4 is 17.6 Å². The predicted molar refractivity (Wildman–Crippen MR) is 83.4 cm³/mol. The summed E-state index contributed by atoms with van der Waals surface area (Å²) in [5, 5.41) is 4.83. The van der Waals surface area contributed by atoms with Gasteiger partial charge in [0.2, 0.25) is 5.91 Å². The van der Waals surface area contributed by atoms with Crippen LogP contribution in [0.1, 0.15) is 12.7 Å². The summed E-state index contributed by atoms with van der Waals surface area (Å²) in [5.74, 6) is 0.371. The van der Waals surface area contributed by atoms with Crippen molar-refractivity contribution in [3.8, 4) is 0 Å². The van der Waals surface area contributed by atoms with E-state index in [9.17, 15) is 9.59 Å². The zero-order valence-corrected chi connectivity index (χ0v) is 12.4. The third-order valence-corrected chi connectivity index (χ3v) is 2.97. The number of rotatable bonds is 6. The van der Waals surface area contributed by atoms with Crippen molar-refractivity contribution in [2.75, 3.05) is 18.0 Å². The standard InChI is InChI=1S/C16H19N3O3/c1-2-17-16(21)18-15(20)12-19(11-14-9-6-10-22-14)13-7-4-3-5-8-13/h3-10H,2,11-12H2,1H3,(H2,17,18,20,21). The van der Waals surface area contributed by atoms with Crippen LogP contribution < -0.4 is 15.5 Å². The van der Waals surface area contributed by atoms with Crippen molar-refractivity contribution < 1.29 is 14.0 Å². The molecule has 1 aromatic carbocycles. The summed E-state index contributed by atoms with van der Waals surface area (Å²) in [4.78, 5) is 25.2. The van der Waals surface area contributed by atoms with E-state index in [1.54, 1.807) is 19.3 Å². The maximum atomic E-state index is 12.0. The molecule has 2 rings (SSSR count). The highest BCUT2D eigenvalue weighted by atomic mass is 16.3. The smallest absolute Gasteiger partial charge is 0.321 e. The minimum atomic E-state index is -0.487. The molecular formula is C16H19N3O3. The number of nitrogens with zero attached hydrogens (tertiary/aromatic N) is 1. The highest BCUT2D eigenvalue weighted by Crippen LogP contribution is 2.16. The topological polar surface area (TPSA) is 74.6 Å². The molecule has 0 saturated heterocycles. The second-order valence-electron chi connectivity index (χ2n) is 4.68. The minimum absolute atomic E-state index is 0.0574. The fourth-order valence-electron chi connectivity index (χ4n) is 2.01.